The van der Waals surface area contributed by atoms with Gasteiger partial charge in [0.05, 0.1) is 11.3 Å². The number of anilines is 2. The van der Waals surface area contributed by atoms with Crippen LogP contribution in [0.25, 0.3) is 0 Å². The van der Waals surface area contributed by atoms with Crippen molar-refractivity contribution in [3.8, 4) is 0 Å². The van der Waals surface area contributed by atoms with Gasteiger partial charge in [0, 0.05) is 36.7 Å². The van der Waals surface area contributed by atoms with Crippen LogP contribution in [0.1, 0.15) is 17.8 Å². The predicted octanol–water partition coefficient (Wildman–Crippen LogP) is 2.27. The maximum absolute atomic E-state index is 12.4. The van der Waals surface area contributed by atoms with Gasteiger partial charge < -0.3 is 15.2 Å². The predicted molar refractivity (Wildman–Crippen MR) is 109 cm³/mol. The number of nitro groups is 1. The number of nitrogens with zero attached hydrogens (tertiary/aromatic N) is 5. The number of carbonyl (C=O) groups excluding carboxylic acids is 2. The molecule has 1 aromatic carbocycles. The van der Waals surface area contributed by atoms with Crippen molar-refractivity contribution in [2.45, 2.75) is 33.4 Å². The molecule has 3 aromatic rings. The van der Waals surface area contributed by atoms with Crippen molar-refractivity contribution in [3.05, 3.63) is 64.5 Å². The van der Waals surface area contributed by atoms with E-state index in [1.807, 2.05) is 0 Å². The molecule has 2 amide bonds. The lowest BCUT2D eigenvalue weighted by atomic mass is 10.2. The van der Waals surface area contributed by atoms with Gasteiger partial charge >= 0.3 is 5.69 Å². The van der Waals surface area contributed by atoms with Crippen LogP contribution in [0.2, 0.25) is 0 Å². The van der Waals surface area contributed by atoms with Crippen LogP contribution in [0, 0.1) is 24.0 Å². The Balaban J connectivity index is 1.58. The number of rotatable bonds is 8. The molecule has 2 aromatic heterocycles. The van der Waals surface area contributed by atoms with Gasteiger partial charge in [-0.25, -0.2) is 4.98 Å². The minimum Gasteiger partial charge on any atom is -0.337 e. The molecular formula is C19H21N7O4. The van der Waals surface area contributed by atoms with Crippen LogP contribution in [0.15, 0.2) is 43.0 Å². The van der Waals surface area contributed by atoms with Gasteiger partial charge in [-0.2, -0.15) is 5.10 Å². The molecule has 156 valence electrons. The minimum atomic E-state index is -0.509. The standard InChI is InChI=1S/C19H21N7O4/c1-13-19(26(29)30)14(2)25(23-13)11-18(28)22-16-5-3-4-15(10-16)21-17(27)6-8-24-9-7-20-12-24/h3-5,7,9-10,12H,6,8,11H2,1-2H3,(H,21,27)(H,22,28). The van der Waals surface area contributed by atoms with Crippen molar-refractivity contribution in [2.24, 2.45) is 0 Å². The zero-order valence-corrected chi connectivity index (χ0v) is 16.5. The van der Waals surface area contributed by atoms with Crippen molar-refractivity contribution < 1.29 is 14.5 Å². The summed E-state index contributed by atoms with van der Waals surface area (Å²) in [6, 6.07) is 6.74. The molecule has 11 nitrogen and oxygen atoms in total. The number of aryl methyl sites for hydroxylation is 2. The minimum absolute atomic E-state index is 0.0943. The zero-order valence-electron chi connectivity index (χ0n) is 16.5. The van der Waals surface area contributed by atoms with Crippen LogP contribution < -0.4 is 10.6 Å². The Morgan fingerprint density at radius 2 is 1.87 bits per heavy atom. The molecule has 0 saturated heterocycles. The number of carbonyl (C=O) groups is 2. The molecule has 0 fully saturated rings. The highest BCUT2D eigenvalue weighted by Gasteiger charge is 2.22. The van der Waals surface area contributed by atoms with Crippen LogP contribution >= 0.6 is 0 Å². The lowest BCUT2D eigenvalue weighted by molar-refractivity contribution is -0.386. The normalized spacial score (nSPS) is 10.6. The molecule has 0 aliphatic heterocycles. The third-order valence-electron chi connectivity index (χ3n) is 4.41. The first kappa shape index (κ1) is 20.7. The van der Waals surface area contributed by atoms with Gasteiger partial charge in [0.1, 0.15) is 17.9 Å². The Kier molecular flexibility index (Phi) is 6.20. The van der Waals surface area contributed by atoms with E-state index in [1.54, 1.807) is 54.5 Å². The van der Waals surface area contributed by atoms with E-state index in [0.29, 0.717) is 23.6 Å². The summed E-state index contributed by atoms with van der Waals surface area (Å²) < 4.78 is 3.10. The third-order valence-corrected chi connectivity index (χ3v) is 4.41. The van der Waals surface area contributed by atoms with Gasteiger partial charge in [-0.1, -0.05) is 6.07 Å². The molecule has 0 aliphatic rings. The number of hydrogen-bond acceptors (Lipinski definition) is 6. The molecule has 2 heterocycles. The van der Waals surface area contributed by atoms with E-state index in [0.717, 1.165) is 0 Å². The second-order valence-corrected chi connectivity index (χ2v) is 6.66. The van der Waals surface area contributed by atoms with Crippen molar-refractivity contribution in [1.82, 2.24) is 19.3 Å². The van der Waals surface area contributed by atoms with Crippen molar-refractivity contribution >= 4 is 28.9 Å². The summed E-state index contributed by atoms with van der Waals surface area (Å²) in [7, 11) is 0. The fourth-order valence-corrected chi connectivity index (χ4v) is 2.99. The summed E-state index contributed by atoms with van der Waals surface area (Å²) in [5.41, 5.74) is 1.51. The summed E-state index contributed by atoms with van der Waals surface area (Å²) in [5, 5.41) is 20.6. The lowest BCUT2D eigenvalue weighted by Gasteiger charge is -2.10. The van der Waals surface area contributed by atoms with Gasteiger partial charge in [-0.15, -0.1) is 0 Å². The summed E-state index contributed by atoms with van der Waals surface area (Å²) >= 11 is 0. The molecule has 2 N–H and O–H groups in total. The maximum Gasteiger partial charge on any atom is 0.312 e. The second kappa shape index (κ2) is 8.99. The molecule has 0 spiro atoms. The summed E-state index contributed by atoms with van der Waals surface area (Å²) in [6.45, 7) is 3.42. The Morgan fingerprint density at radius 3 is 2.47 bits per heavy atom. The molecule has 0 saturated carbocycles. The van der Waals surface area contributed by atoms with E-state index >= 15 is 0 Å². The van der Waals surface area contributed by atoms with Crippen LogP contribution in [-0.2, 0) is 22.7 Å². The van der Waals surface area contributed by atoms with E-state index in [1.165, 1.54) is 11.6 Å². The quantitative estimate of drug-likeness (QED) is 0.431. The van der Waals surface area contributed by atoms with Crippen LogP contribution in [0.4, 0.5) is 17.1 Å². The molecule has 0 radical (unpaired) electrons. The zero-order chi connectivity index (χ0) is 21.7. The Hall–Kier alpha value is -4.02. The van der Waals surface area contributed by atoms with Crippen molar-refractivity contribution in [3.63, 3.8) is 0 Å². The number of imidazole rings is 1. The first-order valence-electron chi connectivity index (χ1n) is 9.17. The fraction of sp³-hybridized carbons (Fsp3) is 0.263. The van der Waals surface area contributed by atoms with Crippen molar-refractivity contribution in [1.29, 1.82) is 0 Å². The van der Waals surface area contributed by atoms with Crippen LogP contribution in [0.5, 0.6) is 0 Å². The van der Waals surface area contributed by atoms with Crippen molar-refractivity contribution in [2.75, 3.05) is 10.6 Å². The van der Waals surface area contributed by atoms with E-state index in [9.17, 15) is 19.7 Å². The molecule has 0 bridgehead atoms. The average molecular weight is 411 g/mol. The lowest BCUT2D eigenvalue weighted by Crippen LogP contribution is -2.20. The second-order valence-electron chi connectivity index (χ2n) is 6.66. The summed E-state index contributed by atoms with van der Waals surface area (Å²) in [4.78, 5) is 39.0. The number of nitrogens with one attached hydrogen (secondary N) is 2. The summed E-state index contributed by atoms with van der Waals surface area (Å²) in [5.74, 6) is -0.554. The number of hydrogen-bond donors (Lipinski definition) is 2. The van der Waals surface area contributed by atoms with Crippen LogP contribution in [-0.4, -0.2) is 36.1 Å². The summed E-state index contributed by atoms with van der Waals surface area (Å²) in [6.07, 6.45) is 5.35. The third kappa shape index (κ3) is 5.07. The number of benzene rings is 1. The highest BCUT2D eigenvalue weighted by Crippen LogP contribution is 2.22. The Labute approximate surface area is 171 Å². The van der Waals surface area contributed by atoms with E-state index in [2.05, 4.69) is 20.7 Å². The molecule has 30 heavy (non-hydrogen) atoms. The Bertz CT molecular complexity index is 1070. The molecule has 11 heteroatoms. The maximum atomic E-state index is 12.4. The van der Waals surface area contributed by atoms with Gasteiger partial charge in [0.25, 0.3) is 0 Å². The molecule has 0 atom stereocenters. The topological polar surface area (TPSA) is 137 Å². The largest absolute Gasteiger partial charge is 0.337 e. The van der Waals surface area contributed by atoms with Crippen LogP contribution in [0.3, 0.4) is 0 Å². The number of amides is 2. The highest BCUT2D eigenvalue weighted by atomic mass is 16.6. The van der Waals surface area contributed by atoms with Gasteiger partial charge in [0.15, 0.2) is 0 Å². The monoisotopic (exact) mass is 411 g/mol. The molecular weight excluding hydrogens is 390 g/mol. The van der Waals surface area contributed by atoms with Gasteiger partial charge in [0.2, 0.25) is 11.8 Å². The fourth-order valence-electron chi connectivity index (χ4n) is 2.99. The SMILES string of the molecule is Cc1nn(CC(=O)Nc2cccc(NC(=O)CCn3ccnc3)c2)c(C)c1[N+](=O)[O-]. The van der Waals surface area contributed by atoms with E-state index in [4.69, 9.17) is 0 Å². The Morgan fingerprint density at radius 1 is 1.17 bits per heavy atom. The first-order chi connectivity index (χ1) is 14.3. The smallest absolute Gasteiger partial charge is 0.312 e. The molecule has 3 rings (SSSR count). The number of aromatic nitrogens is 4. The van der Waals surface area contributed by atoms with E-state index in [-0.39, 0.29) is 36.2 Å². The average Bonchev–Trinajstić information content (AvgIpc) is 3.28. The van der Waals surface area contributed by atoms with Gasteiger partial charge in [-0.05, 0) is 32.0 Å². The highest BCUT2D eigenvalue weighted by molar-refractivity contribution is 5.94. The first-order valence-corrected chi connectivity index (χ1v) is 9.17. The molecule has 0 aliphatic carbocycles. The van der Waals surface area contributed by atoms with Gasteiger partial charge in [-0.3, -0.25) is 24.4 Å². The molecule has 0 unspecified atom stereocenters. The van der Waals surface area contributed by atoms with E-state index < -0.39 is 4.92 Å².